The highest BCUT2D eigenvalue weighted by atomic mass is 35.5. The molecule has 0 bridgehead atoms. The van der Waals surface area contributed by atoms with Gasteiger partial charge in [-0.25, -0.2) is 0 Å². The van der Waals surface area contributed by atoms with Crippen LogP contribution in [-0.2, 0) is 0 Å². The summed E-state index contributed by atoms with van der Waals surface area (Å²) in [5.74, 6) is 0.793. The number of likely N-dealkylation sites (N-methyl/N-ethyl adjacent to an activating group) is 1. The summed E-state index contributed by atoms with van der Waals surface area (Å²) >= 11 is 5.94. The van der Waals surface area contributed by atoms with Gasteiger partial charge in [0.25, 0.3) is 0 Å². The standard InChI is InChI=1S/C16H18ClNO/c1-12-6-3-4-9-15(12)16(18-2)11-19-14-8-5-7-13(17)10-14/h3-10,16,18H,11H2,1-2H3. The van der Waals surface area contributed by atoms with E-state index in [0.717, 1.165) is 5.75 Å². The van der Waals surface area contributed by atoms with Crippen LogP contribution in [0, 0.1) is 6.92 Å². The maximum absolute atomic E-state index is 5.94. The van der Waals surface area contributed by atoms with Gasteiger partial charge < -0.3 is 10.1 Å². The molecule has 0 spiro atoms. The second-order valence-corrected chi connectivity index (χ2v) is 4.90. The zero-order chi connectivity index (χ0) is 13.7. The second kappa shape index (κ2) is 6.60. The molecular formula is C16H18ClNO. The molecule has 19 heavy (non-hydrogen) atoms. The Labute approximate surface area is 119 Å². The van der Waals surface area contributed by atoms with Gasteiger partial charge >= 0.3 is 0 Å². The lowest BCUT2D eigenvalue weighted by Gasteiger charge is -2.19. The van der Waals surface area contributed by atoms with Crippen LogP contribution >= 0.6 is 11.6 Å². The van der Waals surface area contributed by atoms with Gasteiger partial charge in [-0.2, -0.15) is 0 Å². The summed E-state index contributed by atoms with van der Waals surface area (Å²) < 4.78 is 5.80. The first-order valence-corrected chi connectivity index (χ1v) is 6.69. The van der Waals surface area contributed by atoms with Crippen LogP contribution in [0.1, 0.15) is 17.2 Å². The van der Waals surface area contributed by atoms with Crippen molar-refractivity contribution in [3.8, 4) is 5.75 Å². The molecule has 0 aromatic heterocycles. The Kier molecular flexibility index (Phi) is 4.83. The maximum atomic E-state index is 5.94. The van der Waals surface area contributed by atoms with Crippen LogP contribution in [0.4, 0.5) is 0 Å². The van der Waals surface area contributed by atoms with E-state index < -0.39 is 0 Å². The first-order valence-electron chi connectivity index (χ1n) is 6.32. The monoisotopic (exact) mass is 275 g/mol. The quantitative estimate of drug-likeness (QED) is 0.891. The topological polar surface area (TPSA) is 21.3 Å². The molecule has 2 rings (SSSR count). The molecule has 0 aliphatic rings. The van der Waals surface area contributed by atoms with E-state index in [4.69, 9.17) is 16.3 Å². The van der Waals surface area contributed by atoms with E-state index in [0.29, 0.717) is 11.6 Å². The average Bonchev–Trinajstić information content (AvgIpc) is 2.41. The number of ether oxygens (including phenoxy) is 1. The van der Waals surface area contributed by atoms with Crippen molar-refractivity contribution < 1.29 is 4.74 Å². The van der Waals surface area contributed by atoms with Gasteiger partial charge in [-0.3, -0.25) is 0 Å². The van der Waals surface area contributed by atoms with E-state index in [1.54, 1.807) is 0 Å². The van der Waals surface area contributed by atoms with Crippen LogP contribution in [0.2, 0.25) is 5.02 Å². The van der Waals surface area contributed by atoms with Crippen LogP contribution in [0.5, 0.6) is 5.75 Å². The van der Waals surface area contributed by atoms with E-state index in [1.165, 1.54) is 11.1 Å². The Balaban J connectivity index is 2.06. The van der Waals surface area contributed by atoms with Gasteiger partial charge in [0, 0.05) is 5.02 Å². The molecule has 1 unspecified atom stereocenters. The molecule has 3 heteroatoms. The molecule has 0 saturated carbocycles. The first kappa shape index (κ1) is 13.9. The zero-order valence-electron chi connectivity index (χ0n) is 11.2. The summed E-state index contributed by atoms with van der Waals surface area (Å²) in [5, 5.41) is 3.98. The highest BCUT2D eigenvalue weighted by molar-refractivity contribution is 6.30. The number of halogens is 1. The van der Waals surface area contributed by atoms with E-state index in [2.05, 4.69) is 24.4 Å². The molecule has 2 aromatic rings. The van der Waals surface area contributed by atoms with Gasteiger partial charge in [-0.15, -0.1) is 0 Å². The lowest BCUT2D eigenvalue weighted by Crippen LogP contribution is -2.24. The Morgan fingerprint density at radius 2 is 1.95 bits per heavy atom. The van der Waals surface area contributed by atoms with Crippen molar-refractivity contribution in [2.75, 3.05) is 13.7 Å². The van der Waals surface area contributed by atoms with Crippen molar-refractivity contribution in [2.45, 2.75) is 13.0 Å². The fourth-order valence-corrected chi connectivity index (χ4v) is 2.22. The molecule has 1 N–H and O–H groups in total. The van der Waals surface area contributed by atoms with E-state index >= 15 is 0 Å². The predicted octanol–water partition coefficient (Wildman–Crippen LogP) is 3.99. The van der Waals surface area contributed by atoms with E-state index in [1.807, 2.05) is 43.4 Å². The normalized spacial score (nSPS) is 12.2. The first-order chi connectivity index (χ1) is 9.20. The number of nitrogens with one attached hydrogen (secondary N) is 1. The van der Waals surface area contributed by atoms with Crippen molar-refractivity contribution in [1.82, 2.24) is 5.32 Å². The third-order valence-electron chi connectivity index (χ3n) is 3.13. The van der Waals surface area contributed by atoms with Crippen molar-refractivity contribution in [3.05, 3.63) is 64.7 Å². The minimum Gasteiger partial charge on any atom is -0.492 e. The van der Waals surface area contributed by atoms with Gasteiger partial charge in [0.2, 0.25) is 0 Å². The molecule has 1 atom stereocenters. The molecule has 2 aromatic carbocycles. The van der Waals surface area contributed by atoms with Crippen molar-refractivity contribution >= 4 is 11.6 Å². The summed E-state index contributed by atoms with van der Waals surface area (Å²) in [6, 6.07) is 16.0. The van der Waals surface area contributed by atoms with E-state index in [-0.39, 0.29) is 6.04 Å². The molecule has 0 amide bonds. The zero-order valence-corrected chi connectivity index (χ0v) is 11.9. The SMILES string of the molecule is CNC(COc1cccc(Cl)c1)c1ccccc1C. The molecule has 100 valence electrons. The number of benzene rings is 2. The van der Waals surface area contributed by atoms with Crippen LogP contribution in [0.15, 0.2) is 48.5 Å². The summed E-state index contributed by atoms with van der Waals surface area (Å²) in [6.07, 6.45) is 0. The summed E-state index contributed by atoms with van der Waals surface area (Å²) in [4.78, 5) is 0. The van der Waals surface area contributed by atoms with Crippen molar-refractivity contribution in [2.24, 2.45) is 0 Å². The molecule has 0 heterocycles. The molecule has 2 nitrogen and oxygen atoms in total. The molecule has 0 aliphatic carbocycles. The fourth-order valence-electron chi connectivity index (χ4n) is 2.04. The van der Waals surface area contributed by atoms with Crippen molar-refractivity contribution in [3.63, 3.8) is 0 Å². The lowest BCUT2D eigenvalue weighted by atomic mass is 10.0. The summed E-state index contributed by atoms with van der Waals surface area (Å²) in [7, 11) is 1.94. The molecule has 0 radical (unpaired) electrons. The molecule has 0 aliphatic heterocycles. The minimum absolute atomic E-state index is 0.167. The highest BCUT2D eigenvalue weighted by Gasteiger charge is 2.12. The lowest BCUT2D eigenvalue weighted by molar-refractivity contribution is 0.272. The smallest absolute Gasteiger partial charge is 0.120 e. The van der Waals surface area contributed by atoms with Gasteiger partial charge in [-0.05, 0) is 43.3 Å². The number of aryl methyl sites for hydroxylation is 1. The molecule has 0 saturated heterocycles. The van der Waals surface area contributed by atoms with Crippen LogP contribution in [-0.4, -0.2) is 13.7 Å². The van der Waals surface area contributed by atoms with Crippen molar-refractivity contribution in [1.29, 1.82) is 0 Å². The van der Waals surface area contributed by atoms with Crippen LogP contribution in [0.25, 0.3) is 0 Å². The maximum Gasteiger partial charge on any atom is 0.120 e. The summed E-state index contributed by atoms with van der Waals surface area (Å²) in [5.41, 5.74) is 2.52. The van der Waals surface area contributed by atoms with Crippen LogP contribution in [0.3, 0.4) is 0 Å². The largest absolute Gasteiger partial charge is 0.492 e. The second-order valence-electron chi connectivity index (χ2n) is 4.47. The molecular weight excluding hydrogens is 258 g/mol. The highest BCUT2D eigenvalue weighted by Crippen LogP contribution is 2.21. The summed E-state index contributed by atoms with van der Waals surface area (Å²) in [6.45, 7) is 2.68. The minimum atomic E-state index is 0.167. The number of rotatable bonds is 5. The van der Waals surface area contributed by atoms with Gasteiger partial charge in [0.05, 0.1) is 6.04 Å². The van der Waals surface area contributed by atoms with Gasteiger partial charge in [0.15, 0.2) is 0 Å². The third kappa shape index (κ3) is 3.72. The number of hydrogen-bond acceptors (Lipinski definition) is 2. The Morgan fingerprint density at radius 3 is 2.63 bits per heavy atom. The average molecular weight is 276 g/mol. The Morgan fingerprint density at radius 1 is 1.16 bits per heavy atom. The van der Waals surface area contributed by atoms with Gasteiger partial charge in [0.1, 0.15) is 12.4 Å². The van der Waals surface area contributed by atoms with Crippen LogP contribution < -0.4 is 10.1 Å². The number of hydrogen-bond donors (Lipinski definition) is 1. The van der Waals surface area contributed by atoms with Gasteiger partial charge in [-0.1, -0.05) is 41.9 Å². The third-order valence-corrected chi connectivity index (χ3v) is 3.36. The fraction of sp³-hybridized carbons (Fsp3) is 0.250. The molecule has 0 fully saturated rings. The Hall–Kier alpha value is -1.51. The van der Waals surface area contributed by atoms with E-state index in [9.17, 15) is 0 Å². The predicted molar refractivity (Wildman–Crippen MR) is 79.9 cm³/mol. The Bertz CT molecular complexity index is 542.